The van der Waals surface area contributed by atoms with Crippen LogP contribution in [0, 0.1) is 0 Å². The number of hydrogen-bond acceptors (Lipinski definition) is 3. The zero-order chi connectivity index (χ0) is 27.2. The largest absolute Gasteiger partial charge is 0.507 e. The molecule has 1 aliphatic heterocycles. The third kappa shape index (κ3) is 8.73. The monoisotopic (exact) mass is 537 g/mol. The number of amides is 1. The van der Waals surface area contributed by atoms with Gasteiger partial charge in [0.1, 0.15) is 5.76 Å². The third-order valence-electron chi connectivity index (χ3n) is 7.53. The van der Waals surface area contributed by atoms with Gasteiger partial charge in [-0.15, -0.1) is 0 Å². The molecule has 1 atom stereocenters. The van der Waals surface area contributed by atoms with E-state index in [1.165, 1.54) is 70.6 Å². The van der Waals surface area contributed by atoms with Gasteiger partial charge in [0.05, 0.1) is 11.6 Å². The van der Waals surface area contributed by atoms with E-state index < -0.39 is 17.7 Å². The van der Waals surface area contributed by atoms with Gasteiger partial charge in [-0.2, -0.15) is 0 Å². The number of aliphatic hydroxyl groups excluding tert-OH is 1. The fraction of sp³-hybridized carbons (Fsp3) is 0.515. The van der Waals surface area contributed by atoms with Gasteiger partial charge in [-0.3, -0.25) is 9.59 Å². The Labute approximate surface area is 234 Å². The van der Waals surface area contributed by atoms with E-state index >= 15 is 0 Å². The Balaban J connectivity index is 1.50. The number of aliphatic hydroxyl groups is 1. The molecular formula is C33H44ClNO3. The van der Waals surface area contributed by atoms with Gasteiger partial charge < -0.3 is 10.0 Å². The first-order valence-electron chi connectivity index (χ1n) is 14.6. The molecule has 5 heteroatoms. The zero-order valence-electron chi connectivity index (χ0n) is 23.0. The molecule has 1 heterocycles. The van der Waals surface area contributed by atoms with Crippen molar-refractivity contribution >= 4 is 29.1 Å². The first-order valence-corrected chi connectivity index (χ1v) is 15.0. The van der Waals surface area contributed by atoms with Crippen LogP contribution in [0.1, 0.15) is 114 Å². The lowest BCUT2D eigenvalue weighted by atomic mass is 9.95. The highest BCUT2D eigenvalue weighted by molar-refractivity contribution is 6.46. The summed E-state index contributed by atoms with van der Waals surface area (Å²) in [7, 11) is 0. The van der Waals surface area contributed by atoms with Gasteiger partial charge in [0.15, 0.2) is 0 Å². The van der Waals surface area contributed by atoms with E-state index in [-0.39, 0.29) is 11.3 Å². The van der Waals surface area contributed by atoms with Crippen molar-refractivity contribution in [2.24, 2.45) is 0 Å². The van der Waals surface area contributed by atoms with Crippen molar-refractivity contribution < 1.29 is 14.7 Å². The molecule has 1 saturated heterocycles. The van der Waals surface area contributed by atoms with Crippen LogP contribution in [0.5, 0.6) is 0 Å². The molecule has 1 fully saturated rings. The SMILES string of the molecule is CCCCCCCCCCCCCCCCN1C(=O)C(=O)C(=C(O)c2ccccc2)[C@@H]1c1ccc(Cl)cc1. The highest BCUT2D eigenvalue weighted by Gasteiger charge is 2.45. The van der Waals surface area contributed by atoms with E-state index in [4.69, 9.17) is 11.6 Å². The predicted octanol–water partition coefficient (Wildman–Crippen LogP) is 9.24. The minimum atomic E-state index is -0.628. The minimum absolute atomic E-state index is 0.132. The summed E-state index contributed by atoms with van der Waals surface area (Å²) in [5.74, 6) is -1.30. The van der Waals surface area contributed by atoms with Gasteiger partial charge in [-0.1, -0.05) is 144 Å². The molecule has 0 bridgehead atoms. The highest BCUT2D eigenvalue weighted by atomic mass is 35.5. The molecular weight excluding hydrogens is 494 g/mol. The zero-order valence-corrected chi connectivity index (χ0v) is 23.7. The normalized spacial score (nSPS) is 16.9. The van der Waals surface area contributed by atoms with E-state index in [9.17, 15) is 14.7 Å². The molecule has 1 aliphatic rings. The Morgan fingerprint density at radius 1 is 0.737 bits per heavy atom. The maximum Gasteiger partial charge on any atom is 0.295 e. The molecule has 4 nitrogen and oxygen atoms in total. The van der Waals surface area contributed by atoms with Gasteiger partial charge in [-0.05, 0) is 24.1 Å². The summed E-state index contributed by atoms with van der Waals surface area (Å²) < 4.78 is 0. The molecule has 0 aromatic heterocycles. The average Bonchev–Trinajstić information content (AvgIpc) is 3.18. The van der Waals surface area contributed by atoms with Gasteiger partial charge in [0, 0.05) is 17.1 Å². The molecule has 3 rings (SSSR count). The maximum atomic E-state index is 13.1. The van der Waals surface area contributed by atoms with Gasteiger partial charge in [0.2, 0.25) is 0 Å². The molecule has 0 unspecified atom stereocenters. The fourth-order valence-corrected chi connectivity index (χ4v) is 5.46. The second-order valence-corrected chi connectivity index (χ2v) is 10.9. The number of carbonyl (C=O) groups is 2. The summed E-state index contributed by atoms with van der Waals surface area (Å²) in [6.07, 6.45) is 17.7. The summed E-state index contributed by atoms with van der Waals surface area (Å²) in [6, 6.07) is 15.5. The lowest BCUT2D eigenvalue weighted by Crippen LogP contribution is -2.30. The van der Waals surface area contributed by atoms with Crippen LogP contribution in [0.25, 0.3) is 5.76 Å². The number of nitrogens with zero attached hydrogens (tertiary/aromatic N) is 1. The summed E-state index contributed by atoms with van der Waals surface area (Å²) in [5.41, 5.74) is 1.45. The molecule has 1 N–H and O–H groups in total. The Morgan fingerprint density at radius 2 is 1.24 bits per heavy atom. The highest BCUT2D eigenvalue weighted by Crippen LogP contribution is 2.39. The van der Waals surface area contributed by atoms with Gasteiger partial charge >= 0.3 is 0 Å². The number of unbranched alkanes of at least 4 members (excludes halogenated alkanes) is 13. The molecule has 2 aromatic carbocycles. The van der Waals surface area contributed by atoms with Crippen LogP contribution in [0.3, 0.4) is 0 Å². The number of likely N-dealkylation sites (tertiary alicyclic amines) is 1. The molecule has 0 aliphatic carbocycles. The maximum absolute atomic E-state index is 13.1. The van der Waals surface area contributed by atoms with Crippen LogP contribution in [-0.2, 0) is 9.59 Å². The fourth-order valence-electron chi connectivity index (χ4n) is 5.33. The van der Waals surface area contributed by atoms with Crippen LogP contribution < -0.4 is 0 Å². The minimum Gasteiger partial charge on any atom is -0.507 e. The Hall–Kier alpha value is -2.59. The van der Waals surface area contributed by atoms with Crippen molar-refractivity contribution in [2.45, 2.75) is 103 Å². The molecule has 2 aromatic rings. The van der Waals surface area contributed by atoms with Crippen molar-refractivity contribution in [3.63, 3.8) is 0 Å². The summed E-state index contributed by atoms with van der Waals surface area (Å²) in [5, 5.41) is 11.6. The van der Waals surface area contributed by atoms with Gasteiger partial charge in [-0.25, -0.2) is 0 Å². The first kappa shape index (κ1) is 30.0. The van der Waals surface area contributed by atoms with Crippen LogP contribution in [-0.4, -0.2) is 28.2 Å². The molecule has 0 spiro atoms. The smallest absolute Gasteiger partial charge is 0.295 e. The lowest BCUT2D eigenvalue weighted by molar-refractivity contribution is -0.139. The van der Waals surface area contributed by atoms with Crippen molar-refractivity contribution in [3.8, 4) is 0 Å². The molecule has 206 valence electrons. The average molecular weight is 538 g/mol. The Bertz CT molecular complexity index is 1030. The lowest BCUT2D eigenvalue weighted by Gasteiger charge is -2.25. The van der Waals surface area contributed by atoms with Crippen molar-refractivity contribution in [1.82, 2.24) is 4.90 Å². The van der Waals surface area contributed by atoms with E-state index in [2.05, 4.69) is 6.92 Å². The summed E-state index contributed by atoms with van der Waals surface area (Å²) in [6.45, 7) is 2.75. The van der Waals surface area contributed by atoms with Crippen LogP contribution in [0.4, 0.5) is 0 Å². The summed E-state index contributed by atoms with van der Waals surface area (Å²) in [4.78, 5) is 27.8. The second-order valence-electron chi connectivity index (χ2n) is 10.5. The molecule has 0 radical (unpaired) electrons. The standard InChI is InChI=1S/C33H44ClNO3/c1-2-3-4-5-6-7-8-9-10-11-12-13-14-18-25-35-30(26-21-23-28(34)24-22-26)29(32(37)33(35)38)31(36)27-19-16-15-17-20-27/h15-17,19-24,30,36H,2-14,18,25H2,1H3/t30-/m0/s1. The van der Waals surface area contributed by atoms with Crippen LogP contribution >= 0.6 is 11.6 Å². The second kappa shape index (κ2) is 16.4. The number of carbonyl (C=O) groups excluding carboxylic acids is 2. The van der Waals surface area contributed by atoms with Gasteiger partial charge in [0.25, 0.3) is 11.7 Å². The summed E-state index contributed by atoms with van der Waals surface area (Å²) >= 11 is 6.10. The quantitative estimate of drug-likeness (QED) is 0.0946. The number of hydrogen-bond donors (Lipinski definition) is 1. The van der Waals surface area contributed by atoms with Crippen LogP contribution in [0.15, 0.2) is 60.2 Å². The van der Waals surface area contributed by atoms with Crippen molar-refractivity contribution in [2.75, 3.05) is 6.54 Å². The molecule has 38 heavy (non-hydrogen) atoms. The predicted molar refractivity (Wildman–Crippen MR) is 157 cm³/mol. The number of halogens is 1. The number of ketones is 1. The third-order valence-corrected chi connectivity index (χ3v) is 7.78. The topological polar surface area (TPSA) is 57.6 Å². The van der Waals surface area contributed by atoms with Crippen molar-refractivity contribution in [3.05, 3.63) is 76.3 Å². The number of Topliss-reactive ketones (excluding diaryl/α,β-unsaturated/α-hetero) is 1. The number of benzene rings is 2. The Morgan fingerprint density at radius 3 is 1.76 bits per heavy atom. The van der Waals surface area contributed by atoms with E-state index in [1.54, 1.807) is 41.3 Å². The van der Waals surface area contributed by atoms with E-state index in [0.717, 1.165) is 24.8 Å². The molecule has 0 saturated carbocycles. The van der Waals surface area contributed by atoms with Crippen LogP contribution in [0.2, 0.25) is 5.02 Å². The van der Waals surface area contributed by atoms with Crippen molar-refractivity contribution in [1.29, 1.82) is 0 Å². The van der Waals surface area contributed by atoms with E-state index in [1.807, 2.05) is 18.2 Å². The first-order chi connectivity index (χ1) is 18.5. The number of rotatable bonds is 17. The Kier molecular flexibility index (Phi) is 12.9. The van der Waals surface area contributed by atoms with E-state index in [0.29, 0.717) is 17.1 Å². The molecule has 1 amide bonds.